The lowest BCUT2D eigenvalue weighted by Crippen LogP contribution is -2.39. The van der Waals surface area contributed by atoms with Crippen molar-refractivity contribution in [2.24, 2.45) is 4.99 Å². The maximum Gasteiger partial charge on any atom is 0.363 e. The normalized spacial score (nSPS) is 15.5. The van der Waals surface area contributed by atoms with E-state index in [0.717, 1.165) is 12.1 Å². The lowest BCUT2D eigenvalue weighted by atomic mass is 9.94. The van der Waals surface area contributed by atoms with Gasteiger partial charge >= 0.3 is 5.97 Å². The highest BCUT2D eigenvalue weighted by Crippen LogP contribution is 2.33. The second-order valence-electron chi connectivity index (χ2n) is 8.65. The van der Waals surface area contributed by atoms with Gasteiger partial charge in [0.25, 0.3) is 0 Å². The van der Waals surface area contributed by atoms with E-state index in [-0.39, 0.29) is 35.2 Å². The van der Waals surface area contributed by atoms with E-state index in [1.165, 1.54) is 24.4 Å². The van der Waals surface area contributed by atoms with Crippen LogP contribution >= 0.6 is 0 Å². The summed E-state index contributed by atoms with van der Waals surface area (Å²) in [5.41, 5.74) is -0.754. The van der Waals surface area contributed by atoms with E-state index in [2.05, 4.69) is 15.1 Å². The topological polar surface area (TPSA) is 108 Å². The summed E-state index contributed by atoms with van der Waals surface area (Å²) in [6.45, 7) is -0.644. The van der Waals surface area contributed by atoms with Crippen LogP contribution < -0.4 is 9.47 Å². The van der Waals surface area contributed by atoms with Gasteiger partial charge in [-0.05, 0) is 42.0 Å². The summed E-state index contributed by atoms with van der Waals surface area (Å²) < 4.78 is 46.1. The summed E-state index contributed by atoms with van der Waals surface area (Å²) in [6.07, 6.45) is 4.17. The van der Waals surface area contributed by atoms with Gasteiger partial charge in [-0.2, -0.15) is 5.10 Å². The molecule has 0 saturated heterocycles. The molecule has 1 unspecified atom stereocenters. The maximum atomic E-state index is 14.7. The van der Waals surface area contributed by atoms with Crippen LogP contribution in [0.2, 0.25) is 0 Å². The smallest absolute Gasteiger partial charge is 0.363 e. The number of methoxy groups -OCH3 is 1. The fourth-order valence-electron chi connectivity index (χ4n) is 4.02. The molecule has 2 heterocycles. The second-order valence-corrected chi connectivity index (χ2v) is 8.65. The van der Waals surface area contributed by atoms with Crippen LogP contribution in [0.5, 0.6) is 11.5 Å². The van der Waals surface area contributed by atoms with Crippen LogP contribution in [0.15, 0.2) is 90.1 Å². The van der Waals surface area contributed by atoms with Gasteiger partial charge in [-0.25, -0.2) is 28.2 Å². The van der Waals surface area contributed by atoms with Gasteiger partial charge in [0.15, 0.2) is 17.2 Å². The number of benzene rings is 3. The first-order valence-electron chi connectivity index (χ1n) is 11.7. The Morgan fingerprint density at radius 2 is 1.90 bits per heavy atom. The first-order chi connectivity index (χ1) is 18.8. The van der Waals surface area contributed by atoms with Gasteiger partial charge in [0, 0.05) is 17.2 Å². The van der Waals surface area contributed by atoms with E-state index < -0.39 is 29.8 Å². The Morgan fingerprint density at radius 3 is 2.62 bits per heavy atom. The number of carbonyl (C=O) groups excluding carboxylic acids is 1. The Kier molecular flexibility index (Phi) is 7.15. The minimum Gasteiger partial charge on any atom is -0.493 e. The number of halogens is 2. The summed E-state index contributed by atoms with van der Waals surface area (Å²) in [6, 6.07) is 16.8. The molecular formula is C28H22F2N4O5. The highest BCUT2D eigenvalue weighted by Gasteiger charge is 2.35. The molecule has 1 N–H and O–H groups in total. The Hall–Kier alpha value is -4.90. The van der Waals surface area contributed by atoms with Gasteiger partial charge in [-0.3, -0.25) is 0 Å². The van der Waals surface area contributed by atoms with Crippen LogP contribution in [-0.4, -0.2) is 45.5 Å². The Labute approximate surface area is 221 Å². The van der Waals surface area contributed by atoms with Crippen molar-refractivity contribution >= 4 is 17.9 Å². The standard InChI is InChI=1S/C28H22F2N4O5/c1-37-25-12-18(11-23-27(35)39-26(33-23)19-5-3-2-4-6-19)7-10-24(25)38-15-28(36,14-34-17-31-16-32-34)21-9-8-20(29)13-22(21)30/h2-13,16-17,36H,14-15H2,1H3/b23-11-. The molecule has 3 aromatic carbocycles. The zero-order valence-electron chi connectivity index (χ0n) is 20.6. The highest BCUT2D eigenvalue weighted by atomic mass is 19.1. The third kappa shape index (κ3) is 5.68. The van der Waals surface area contributed by atoms with E-state index in [1.54, 1.807) is 36.4 Å². The number of aromatic nitrogens is 3. The molecule has 1 aliphatic heterocycles. The summed E-state index contributed by atoms with van der Waals surface area (Å²) >= 11 is 0. The maximum absolute atomic E-state index is 14.7. The average molecular weight is 533 g/mol. The van der Waals surface area contributed by atoms with Crippen molar-refractivity contribution in [3.63, 3.8) is 0 Å². The highest BCUT2D eigenvalue weighted by molar-refractivity contribution is 6.12. The molecule has 0 aliphatic carbocycles. The van der Waals surface area contributed by atoms with E-state index in [4.69, 9.17) is 14.2 Å². The van der Waals surface area contributed by atoms with Crippen molar-refractivity contribution in [2.45, 2.75) is 12.1 Å². The van der Waals surface area contributed by atoms with Crippen molar-refractivity contribution in [2.75, 3.05) is 13.7 Å². The predicted molar refractivity (Wildman–Crippen MR) is 136 cm³/mol. The number of cyclic esters (lactones) is 1. The van der Waals surface area contributed by atoms with Crippen LogP contribution in [0.3, 0.4) is 0 Å². The van der Waals surface area contributed by atoms with E-state index >= 15 is 0 Å². The lowest BCUT2D eigenvalue weighted by Gasteiger charge is -2.29. The molecule has 9 nitrogen and oxygen atoms in total. The second kappa shape index (κ2) is 10.8. The number of ether oxygens (including phenoxy) is 3. The molecule has 4 aromatic rings. The Balaban J connectivity index is 1.39. The van der Waals surface area contributed by atoms with E-state index in [1.807, 2.05) is 18.2 Å². The number of aliphatic hydroxyl groups is 1. The van der Waals surface area contributed by atoms with E-state index in [9.17, 15) is 18.7 Å². The monoisotopic (exact) mass is 532 g/mol. The van der Waals surface area contributed by atoms with Gasteiger partial charge in [0.2, 0.25) is 5.90 Å². The third-order valence-corrected chi connectivity index (χ3v) is 5.92. The number of rotatable bonds is 9. The Morgan fingerprint density at radius 1 is 1.08 bits per heavy atom. The predicted octanol–water partition coefficient (Wildman–Crippen LogP) is 3.88. The molecule has 1 aromatic heterocycles. The molecule has 0 spiro atoms. The van der Waals surface area contributed by atoms with Crippen LogP contribution in [0.1, 0.15) is 16.7 Å². The number of esters is 1. The lowest BCUT2D eigenvalue weighted by molar-refractivity contribution is -0.129. The van der Waals surface area contributed by atoms with Crippen LogP contribution in [-0.2, 0) is 21.7 Å². The van der Waals surface area contributed by atoms with Crippen LogP contribution in [0.4, 0.5) is 8.78 Å². The first-order valence-corrected chi connectivity index (χ1v) is 11.7. The minimum absolute atomic E-state index is 0.110. The molecule has 0 amide bonds. The molecule has 0 bridgehead atoms. The number of hydrogen-bond acceptors (Lipinski definition) is 8. The zero-order chi connectivity index (χ0) is 27.4. The van der Waals surface area contributed by atoms with Crippen molar-refractivity contribution in [3.8, 4) is 11.5 Å². The zero-order valence-corrected chi connectivity index (χ0v) is 20.6. The third-order valence-electron chi connectivity index (χ3n) is 5.92. The molecular weight excluding hydrogens is 510 g/mol. The molecule has 0 radical (unpaired) electrons. The molecule has 0 fully saturated rings. The average Bonchev–Trinajstić information content (AvgIpc) is 3.57. The molecule has 11 heteroatoms. The Bertz CT molecular complexity index is 1560. The molecule has 0 saturated carbocycles. The molecule has 39 heavy (non-hydrogen) atoms. The van der Waals surface area contributed by atoms with Gasteiger partial charge in [0.1, 0.15) is 36.5 Å². The fraction of sp³-hybridized carbons (Fsp3) is 0.143. The van der Waals surface area contributed by atoms with Crippen LogP contribution in [0, 0.1) is 11.6 Å². The van der Waals surface area contributed by atoms with Gasteiger partial charge in [-0.15, -0.1) is 0 Å². The van der Waals surface area contributed by atoms with Gasteiger partial charge in [-0.1, -0.05) is 30.3 Å². The van der Waals surface area contributed by atoms with Gasteiger partial charge < -0.3 is 19.3 Å². The quantitative estimate of drug-likeness (QED) is 0.258. The molecule has 1 atom stereocenters. The molecule has 5 rings (SSSR count). The summed E-state index contributed by atoms with van der Waals surface area (Å²) in [5.74, 6) is -1.58. The van der Waals surface area contributed by atoms with Crippen LogP contribution in [0.25, 0.3) is 6.08 Å². The number of nitrogens with zero attached hydrogens (tertiary/aromatic N) is 4. The van der Waals surface area contributed by atoms with Crippen molar-refractivity contribution in [1.29, 1.82) is 0 Å². The number of aliphatic imine (C=N–C) groups is 1. The summed E-state index contributed by atoms with van der Waals surface area (Å²) in [5, 5.41) is 15.4. The largest absolute Gasteiger partial charge is 0.493 e. The molecule has 1 aliphatic rings. The first kappa shape index (κ1) is 25.7. The number of carbonyl (C=O) groups is 1. The molecule has 198 valence electrons. The van der Waals surface area contributed by atoms with Crippen molar-refractivity contribution in [3.05, 3.63) is 113 Å². The van der Waals surface area contributed by atoms with Gasteiger partial charge in [0.05, 0.1) is 13.7 Å². The summed E-state index contributed by atoms with van der Waals surface area (Å²) in [4.78, 5) is 20.5. The fourth-order valence-corrected chi connectivity index (χ4v) is 4.02. The number of hydrogen-bond donors (Lipinski definition) is 1. The van der Waals surface area contributed by atoms with Crippen molar-refractivity contribution < 1.29 is 32.9 Å². The van der Waals surface area contributed by atoms with Crippen molar-refractivity contribution in [1.82, 2.24) is 14.8 Å². The minimum atomic E-state index is -1.94. The van der Waals surface area contributed by atoms with E-state index in [0.29, 0.717) is 17.2 Å². The SMILES string of the molecule is COc1cc(/C=C2\N=C(c3ccccc3)OC2=O)ccc1OCC(O)(Cn1cncn1)c1ccc(F)cc1F. The summed E-state index contributed by atoms with van der Waals surface area (Å²) in [7, 11) is 1.43.